The van der Waals surface area contributed by atoms with Crippen LogP contribution in [0, 0.1) is 12.7 Å². The summed E-state index contributed by atoms with van der Waals surface area (Å²) >= 11 is 0. The van der Waals surface area contributed by atoms with Crippen molar-refractivity contribution in [3.8, 4) is 0 Å². The Kier molecular flexibility index (Phi) is 4.01. The van der Waals surface area contributed by atoms with Crippen molar-refractivity contribution < 1.29 is 12.8 Å². The second kappa shape index (κ2) is 5.56. The van der Waals surface area contributed by atoms with Crippen LogP contribution < -0.4 is 10.5 Å². The predicted octanol–water partition coefficient (Wildman–Crippen LogP) is 1.79. The highest BCUT2D eigenvalue weighted by Gasteiger charge is 2.20. The van der Waals surface area contributed by atoms with E-state index in [4.69, 9.17) is 5.73 Å². The van der Waals surface area contributed by atoms with E-state index in [2.05, 4.69) is 9.71 Å². The molecule has 0 unspecified atom stereocenters. The maximum atomic E-state index is 13.7. The average molecular weight is 295 g/mol. The predicted molar refractivity (Wildman–Crippen MR) is 74.1 cm³/mol. The van der Waals surface area contributed by atoms with Crippen molar-refractivity contribution in [1.82, 2.24) is 4.98 Å². The Balaban J connectivity index is 2.47. The standard InChI is InChI=1S/C13H14FN3O2S/c1-9-12(14)6-10(8-15)7-13(9)20(18,19)17-11-2-4-16-5-3-11/h2-7H,8,15H2,1H3,(H,16,17). The lowest BCUT2D eigenvalue weighted by molar-refractivity contribution is 0.589. The summed E-state index contributed by atoms with van der Waals surface area (Å²) < 4.78 is 40.7. The minimum Gasteiger partial charge on any atom is -0.326 e. The second-order valence-corrected chi connectivity index (χ2v) is 5.90. The van der Waals surface area contributed by atoms with Gasteiger partial charge < -0.3 is 5.73 Å². The number of nitrogens with one attached hydrogen (secondary N) is 1. The molecule has 0 spiro atoms. The van der Waals surface area contributed by atoms with E-state index in [0.717, 1.165) is 0 Å². The number of hydrogen-bond acceptors (Lipinski definition) is 4. The molecular formula is C13H14FN3O2S. The summed E-state index contributed by atoms with van der Waals surface area (Å²) in [6.07, 6.45) is 2.92. The summed E-state index contributed by atoms with van der Waals surface area (Å²) in [5.41, 5.74) is 6.28. The van der Waals surface area contributed by atoms with E-state index in [9.17, 15) is 12.8 Å². The molecule has 3 N–H and O–H groups in total. The minimum absolute atomic E-state index is 0.0590. The molecule has 20 heavy (non-hydrogen) atoms. The number of anilines is 1. The molecule has 2 rings (SSSR count). The zero-order valence-electron chi connectivity index (χ0n) is 10.8. The lowest BCUT2D eigenvalue weighted by Crippen LogP contribution is -2.16. The van der Waals surface area contributed by atoms with Crippen LogP contribution in [0.15, 0.2) is 41.6 Å². The fourth-order valence-corrected chi connectivity index (χ4v) is 3.10. The lowest BCUT2D eigenvalue weighted by atomic mass is 10.1. The van der Waals surface area contributed by atoms with Crippen molar-refractivity contribution >= 4 is 15.7 Å². The first-order valence-electron chi connectivity index (χ1n) is 5.86. The minimum atomic E-state index is -3.87. The molecule has 0 atom stereocenters. The molecule has 0 aliphatic rings. The van der Waals surface area contributed by atoms with Gasteiger partial charge in [-0.1, -0.05) is 0 Å². The molecule has 0 saturated heterocycles. The van der Waals surface area contributed by atoms with Crippen LogP contribution in [-0.4, -0.2) is 13.4 Å². The number of benzene rings is 1. The number of hydrogen-bond donors (Lipinski definition) is 2. The van der Waals surface area contributed by atoms with E-state index in [1.54, 1.807) is 0 Å². The highest BCUT2D eigenvalue weighted by atomic mass is 32.2. The molecule has 0 bridgehead atoms. The van der Waals surface area contributed by atoms with Crippen molar-refractivity contribution in [2.24, 2.45) is 5.73 Å². The van der Waals surface area contributed by atoms with Gasteiger partial charge in [-0.3, -0.25) is 9.71 Å². The Morgan fingerprint density at radius 2 is 1.95 bits per heavy atom. The van der Waals surface area contributed by atoms with Gasteiger partial charge in [-0.2, -0.15) is 0 Å². The second-order valence-electron chi connectivity index (χ2n) is 4.25. The molecule has 0 amide bonds. The summed E-state index contributed by atoms with van der Waals surface area (Å²) in [7, 11) is -3.87. The van der Waals surface area contributed by atoms with Crippen LogP contribution in [-0.2, 0) is 16.6 Å². The van der Waals surface area contributed by atoms with E-state index in [-0.39, 0.29) is 17.0 Å². The first kappa shape index (κ1) is 14.4. The number of halogens is 1. The van der Waals surface area contributed by atoms with Crippen LogP contribution in [0.3, 0.4) is 0 Å². The average Bonchev–Trinajstić information content (AvgIpc) is 2.42. The molecule has 106 valence electrons. The van der Waals surface area contributed by atoms with Crippen LogP contribution in [0.1, 0.15) is 11.1 Å². The molecule has 0 saturated carbocycles. The van der Waals surface area contributed by atoms with Crippen LogP contribution >= 0.6 is 0 Å². The number of pyridine rings is 1. The van der Waals surface area contributed by atoms with Gasteiger partial charge in [-0.15, -0.1) is 0 Å². The summed E-state index contributed by atoms with van der Waals surface area (Å²) in [5.74, 6) is -0.594. The van der Waals surface area contributed by atoms with Crippen molar-refractivity contribution in [3.05, 3.63) is 53.6 Å². The fraction of sp³-hybridized carbons (Fsp3) is 0.154. The van der Waals surface area contributed by atoms with Gasteiger partial charge in [0.05, 0.1) is 10.6 Å². The van der Waals surface area contributed by atoms with Gasteiger partial charge in [0, 0.05) is 24.5 Å². The van der Waals surface area contributed by atoms with Crippen molar-refractivity contribution in [2.45, 2.75) is 18.4 Å². The molecule has 5 nitrogen and oxygen atoms in total. The van der Waals surface area contributed by atoms with E-state index in [1.165, 1.54) is 43.6 Å². The monoisotopic (exact) mass is 295 g/mol. The molecule has 0 aliphatic carbocycles. The Labute approximate surface area is 116 Å². The van der Waals surface area contributed by atoms with Gasteiger partial charge in [-0.25, -0.2) is 12.8 Å². The molecule has 7 heteroatoms. The SMILES string of the molecule is Cc1c(F)cc(CN)cc1S(=O)(=O)Nc1ccncc1. The van der Waals surface area contributed by atoms with Crippen molar-refractivity contribution in [2.75, 3.05) is 4.72 Å². The van der Waals surface area contributed by atoms with Crippen LogP contribution in [0.5, 0.6) is 0 Å². The summed E-state index contributed by atoms with van der Waals surface area (Å²) in [4.78, 5) is 3.68. The van der Waals surface area contributed by atoms with Crippen LogP contribution in [0.2, 0.25) is 0 Å². The zero-order valence-corrected chi connectivity index (χ0v) is 11.6. The third kappa shape index (κ3) is 2.94. The van der Waals surface area contributed by atoms with Gasteiger partial charge in [-0.05, 0) is 36.8 Å². The van der Waals surface area contributed by atoms with E-state index in [0.29, 0.717) is 11.3 Å². The fourth-order valence-electron chi connectivity index (χ4n) is 1.73. The number of rotatable bonds is 4. The smallest absolute Gasteiger partial charge is 0.262 e. The largest absolute Gasteiger partial charge is 0.326 e. The van der Waals surface area contributed by atoms with Gasteiger partial charge >= 0.3 is 0 Å². The lowest BCUT2D eigenvalue weighted by Gasteiger charge is -2.12. The van der Waals surface area contributed by atoms with Crippen LogP contribution in [0.4, 0.5) is 10.1 Å². The quantitative estimate of drug-likeness (QED) is 0.900. The maximum absolute atomic E-state index is 13.7. The number of nitrogens with two attached hydrogens (primary N) is 1. The molecule has 0 radical (unpaired) electrons. The first-order valence-corrected chi connectivity index (χ1v) is 7.34. The molecule has 0 aliphatic heterocycles. The third-order valence-electron chi connectivity index (χ3n) is 2.81. The summed E-state index contributed by atoms with van der Waals surface area (Å²) in [5, 5.41) is 0. The van der Waals surface area contributed by atoms with Crippen molar-refractivity contribution in [3.63, 3.8) is 0 Å². The molecular weight excluding hydrogens is 281 g/mol. The Hall–Kier alpha value is -1.99. The van der Waals surface area contributed by atoms with Gasteiger partial charge in [0.1, 0.15) is 5.82 Å². The Morgan fingerprint density at radius 1 is 1.30 bits per heavy atom. The number of sulfonamides is 1. The first-order chi connectivity index (χ1) is 9.44. The number of aromatic nitrogens is 1. The van der Waals surface area contributed by atoms with Crippen LogP contribution in [0.25, 0.3) is 0 Å². The molecule has 1 heterocycles. The van der Waals surface area contributed by atoms with Gasteiger partial charge in [0.25, 0.3) is 10.0 Å². The van der Waals surface area contributed by atoms with E-state index < -0.39 is 15.8 Å². The molecule has 2 aromatic rings. The topological polar surface area (TPSA) is 85.1 Å². The molecule has 1 aromatic heterocycles. The van der Waals surface area contributed by atoms with Gasteiger partial charge in [0.15, 0.2) is 0 Å². The maximum Gasteiger partial charge on any atom is 0.262 e. The van der Waals surface area contributed by atoms with Gasteiger partial charge in [0.2, 0.25) is 0 Å². The highest BCUT2D eigenvalue weighted by Crippen LogP contribution is 2.22. The molecule has 1 aromatic carbocycles. The zero-order chi connectivity index (χ0) is 14.8. The van der Waals surface area contributed by atoms with Crippen molar-refractivity contribution in [1.29, 1.82) is 0 Å². The Bertz CT molecular complexity index is 718. The summed E-state index contributed by atoms with van der Waals surface area (Å²) in [6, 6.07) is 5.63. The Morgan fingerprint density at radius 3 is 2.55 bits per heavy atom. The summed E-state index contributed by atoms with van der Waals surface area (Å²) in [6.45, 7) is 1.48. The third-order valence-corrected chi connectivity index (χ3v) is 4.32. The molecule has 0 fully saturated rings. The van der Waals surface area contributed by atoms with E-state index in [1.807, 2.05) is 0 Å². The normalized spacial score (nSPS) is 11.3. The van der Waals surface area contributed by atoms with E-state index >= 15 is 0 Å². The number of nitrogens with zero attached hydrogens (tertiary/aromatic N) is 1. The highest BCUT2D eigenvalue weighted by molar-refractivity contribution is 7.92.